The van der Waals surface area contributed by atoms with E-state index in [1.165, 1.54) is 43.3 Å². The van der Waals surface area contributed by atoms with Crippen molar-refractivity contribution in [3.63, 3.8) is 0 Å². The summed E-state index contributed by atoms with van der Waals surface area (Å²) < 4.78 is 31.8. The highest BCUT2D eigenvalue weighted by molar-refractivity contribution is 7.93. The fourth-order valence-corrected chi connectivity index (χ4v) is 4.28. The van der Waals surface area contributed by atoms with E-state index < -0.39 is 16.1 Å². The number of hydrogen-bond acceptors (Lipinski definition) is 5. The molecule has 0 unspecified atom stereocenters. The molecule has 150 valence electrons. The van der Waals surface area contributed by atoms with E-state index in [0.717, 1.165) is 11.6 Å². The fraction of sp³-hybridized carbons (Fsp3) is 0.0952. The Kier molecular flexibility index (Phi) is 5.74. The van der Waals surface area contributed by atoms with Gasteiger partial charge in [0.1, 0.15) is 18.1 Å². The smallest absolute Gasteiger partial charge is 0.426 e. The number of aromatic hydroxyl groups is 1. The summed E-state index contributed by atoms with van der Waals surface area (Å²) in [5.41, 5.74) is 1.22. The molecule has 3 aromatic rings. The summed E-state index contributed by atoms with van der Waals surface area (Å²) in [5.74, 6) is 0.193. The molecule has 0 saturated heterocycles. The van der Waals surface area contributed by atoms with Crippen LogP contribution in [0.5, 0.6) is 11.5 Å². The minimum atomic E-state index is -4.44. The molecular weight excluding hydrogens is 394 g/mol. The molecule has 2 N–H and O–H groups in total. The predicted molar refractivity (Wildman–Crippen MR) is 108 cm³/mol. The number of amides is 1. The Morgan fingerprint density at radius 3 is 2.28 bits per heavy atom. The average molecular weight is 413 g/mol. The number of anilines is 1. The second-order valence-electron chi connectivity index (χ2n) is 6.27. The first-order valence-electron chi connectivity index (χ1n) is 8.64. The van der Waals surface area contributed by atoms with E-state index in [4.69, 9.17) is 4.74 Å². The highest BCUT2D eigenvalue weighted by atomic mass is 32.2. The van der Waals surface area contributed by atoms with Crippen molar-refractivity contribution in [3.8, 4) is 11.5 Å². The van der Waals surface area contributed by atoms with Crippen molar-refractivity contribution < 1.29 is 28.2 Å². The second-order valence-corrected chi connectivity index (χ2v) is 8.03. The maximum Gasteiger partial charge on any atom is 0.426 e. The van der Waals surface area contributed by atoms with E-state index in [1.807, 2.05) is 30.3 Å². The van der Waals surface area contributed by atoms with Crippen molar-refractivity contribution >= 4 is 21.8 Å². The molecule has 3 aromatic carbocycles. The molecule has 0 aliphatic rings. The monoisotopic (exact) mass is 413 g/mol. The third-order valence-electron chi connectivity index (χ3n) is 4.18. The second kappa shape index (κ2) is 8.24. The van der Waals surface area contributed by atoms with Crippen LogP contribution in [0.2, 0.25) is 0 Å². The van der Waals surface area contributed by atoms with Gasteiger partial charge in [-0.2, -0.15) is 4.31 Å². The third kappa shape index (κ3) is 4.49. The summed E-state index contributed by atoms with van der Waals surface area (Å²) >= 11 is 0. The first kappa shape index (κ1) is 20.2. The summed E-state index contributed by atoms with van der Waals surface area (Å²) in [7, 11) is -4.44. The number of sulfonamides is 1. The Morgan fingerprint density at radius 1 is 1.00 bits per heavy atom. The van der Waals surface area contributed by atoms with Crippen LogP contribution in [0.3, 0.4) is 0 Å². The fourth-order valence-electron chi connectivity index (χ4n) is 2.74. The van der Waals surface area contributed by atoms with Crippen molar-refractivity contribution in [3.05, 3.63) is 83.9 Å². The molecule has 0 aliphatic heterocycles. The van der Waals surface area contributed by atoms with Gasteiger partial charge < -0.3 is 14.9 Å². The average Bonchev–Trinajstić information content (AvgIpc) is 2.69. The molecule has 0 radical (unpaired) electrons. The van der Waals surface area contributed by atoms with Crippen LogP contribution in [0.4, 0.5) is 10.5 Å². The van der Waals surface area contributed by atoms with Crippen LogP contribution in [0, 0.1) is 6.92 Å². The number of carboxylic acid groups (broad SMARTS) is 1. The zero-order chi connectivity index (χ0) is 21.0. The van der Waals surface area contributed by atoms with Gasteiger partial charge in [0.25, 0.3) is 10.0 Å². The van der Waals surface area contributed by atoms with Crippen molar-refractivity contribution in [2.24, 2.45) is 0 Å². The lowest BCUT2D eigenvalue weighted by Gasteiger charge is -2.21. The summed E-state index contributed by atoms with van der Waals surface area (Å²) in [6.07, 6.45) is -1.66. The molecule has 1 amide bonds. The molecule has 0 atom stereocenters. The van der Waals surface area contributed by atoms with Crippen LogP contribution in [-0.2, 0) is 16.6 Å². The molecule has 0 saturated carbocycles. The summed E-state index contributed by atoms with van der Waals surface area (Å²) in [6, 6.07) is 19.0. The number of hydrogen-bond donors (Lipinski definition) is 2. The SMILES string of the molecule is Cc1ccc(O)cc1S(=O)(=O)N(C(=O)O)c1ccc(OCc2ccccc2)cc1. The summed E-state index contributed by atoms with van der Waals surface area (Å²) in [5, 5.41) is 19.2. The Morgan fingerprint density at radius 2 is 1.66 bits per heavy atom. The number of nitrogens with zero attached hydrogens (tertiary/aromatic N) is 1. The maximum absolute atomic E-state index is 12.9. The van der Waals surface area contributed by atoms with Gasteiger partial charge in [-0.15, -0.1) is 0 Å². The van der Waals surface area contributed by atoms with Crippen LogP contribution in [0.15, 0.2) is 77.7 Å². The molecule has 29 heavy (non-hydrogen) atoms. The van der Waals surface area contributed by atoms with Gasteiger partial charge in [-0.05, 0) is 48.4 Å². The molecule has 0 aromatic heterocycles. The highest BCUT2D eigenvalue weighted by Crippen LogP contribution is 2.29. The van der Waals surface area contributed by atoms with Crippen LogP contribution < -0.4 is 9.04 Å². The molecule has 0 heterocycles. The molecule has 0 fully saturated rings. The number of aryl methyl sites for hydroxylation is 1. The number of benzene rings is 3. The van der Waals surface area contributed by atoms with Crippen molar-refractivity contribution in [2.75, 3.05) is 4.31 Å². The topological polar surface area (TPSA) is 104 Å². The lowest BCUT2D eigenvalue weighted by atomic mass is 10.2. The molecule has 7 nitrogen and oxygen atoms in total. The van der Waals surface area contributed by atoms with E-state index in [0.29, 0.717) is 17.9 Å². The zero-order valence-electron chi connectivity index (χ0n) is 15.5. The normalized spacial score (nSPS) is 11.1. The van der Waals surface area contributed by atoms with Crippen LogP contribution in [0.25, 0.3) is 0 Å². The van der Waals surface area contributed by atoms with Gasteiger partial charge in [-0.25, -0.2) is 13.2 Å². The molecule has 0 bridgehead atoms. The number of phenolic OH excluding ortho intramolecular Hbond substituents is 1. The van der Waals surface area contributed by atoms with Crippen molar-refractivity contribution in [2.45, 2.75) is 18.4 Å². The zero-order valence-corrected chi connectivity index (χ0v) is 16.3. The lowest BCUT2D eigenvalue weighted by Crippen LogP contribution is -2.36. The standard InChI is InChI=1S/C21H19NO6S/c1-15-7-10-18(23)13-20(15)29(26,27)22(21(24)25)17-8-11-19(12-9-17)28-14-16-5-3-2-4-6-16/h2-13,23H,14H2,1H3,(H,24,25). The maximum atomic E-state index is 12.9. The van der Waals surface area contributed by atoms with Gasteiger partial charge in [-0.1, -0.05) is 36.4 Å². The molecular formula is C21H19NO6S. The van der Waals surface area contributed by atoms with Crippen LogP contribution >= 0.6 is 0 Å². The minimum absolute atomic E-state index is 0.0627. The van der Waals surface area contributed by atoms with Crippen LogP contribution in [0.1, 0.15) is 11.1 Å². The van der Waals surface area contributed by atoms with Gasteiger partial charge in [0.15, 0.2) is 0 Å². The molecule has 8 heteroatoms. The quantitative estimate of drug-likeness (QED) is 0.629. The van der Waals surface area contributed by atoms with Gasteiger partial charge in [-0.3, -0.25) is 0 Å². The Labute approximate surface area is 168 Å². The molecule has 0 aliphatic carbocycles. The van der Waals surface area contributed by atoms with Gasteiger partial charge in [0, 0.05) is 6.07 Å². The van der Waals surface area contributed by atoms with E-state index >= 15 is 0 Å². The Balaban J connectivity index is 1.87. The van der Waals surface area contributed by atoms with Crippen molar-refractivity contribution in [1.82, 2.24) is 0 Å². The Bertz CT molecular complexity index is 1110. The predicted octanol–water partition coefficient (Wildman–Crippen LogP) is 4.15. The summed E-state index contributed by atoms with van der Waals surface area (Å²) in [6.45, 7) is 1.84. The summed E-state index contributed by atoms with van der Waals surface area (Å²) in [4.78, 5) is 11.5. The Hall–Kier alpha value is -3.52. The van der Waals surface area contributed by atoms with E-state index in [-0.39, 0.29) is 20.6 Å². The van der Waals surface area contributed by atoms with Crippen LogP contribution in [-0.4, -0.2) is 24.7 Å². The minimum Gasteiger partial charge on any atom is -0.508 e. The molecule has 3 rings (SSSR count). The largest absolute Gasteiger partial charge is 0.508 e. The van der Waals surface area contributed by atoms with E-state index in [2.05, 4.69) is 0 Å². The first-order valence-corrected chi connectivity index (χ1v) is 10.1. The third-order valence-corrected chi connectivity index (χ3v) is 6.03. The molecule has 0 spiro atoms. The van der Waals surface area contributed by atoms with Crippen molar-refractivity contribution in [1.29, 1.82) is 0 Å². The number of carbonyl (C=O) groups is 1. The van der Waals surface area contributed by atoms with E-state index in [1.54, 1.807) is 0 Å². The van der Waals surface area contributed by atoms with E-state index in [9.17, 15) is 23.4 Å². The first-order chi connectivity index (χ1) is 13.8. The lowest BCUT2D eigenvalue weighted by molar-refractivity contribution is 0.206. The number of phenols is 1. The number of rotatable bonds is 6. The van der Waals surface area contributed by atoms with Gasteiger partial charge in [0.2, 0.25) is 0 Å². The van der Waals surface area contributed by atoms with Gasteiger partial charge >= 0.3 is 6.09 Å². The van der Waals surface area contributed by atoms with Gasteiger partial charge in [0.05, 0.1) is 10.6 Å². The number of ether oxygens (including phenoxy) is 1. The highest BCUT2D eigenvalue weighted by Gasteiger charge is 2.32.